The largest absolute Gasteiger partial charge is 0.468 e. The lowest BCUT2D eigenvalue weighted by Crippen LogP contribution is -2.16. The minimum absolute atomic E-state index is 0.104. The molecule has 0 aliphatic carbocycles. The van der Waals surface area contributed by atoms with Crippen LogP contribution in [0.3, 0.4) is 0 Å². The third kappa shape index (κ3) is 4.42. The number of carbonyl (C=O) groups excluding carboxylic acids is 1. The molecule has 0 heterocycles. The summed E-state index contributed by atoms with van der Waals surface area (Å²) in [6.07, 6.45) is 1.67. The Bertz CT molecular complexity index is 429. The standard InChI is InChI=1S/C14H18NO2P/c1-11(10-18-3)15-9-13(14(16)17-2)12-7-5-4-6-8-12/h4-11,13H,1-3H3. The van der Waals surface area contributed by atoms with Crippen LogP contribution in [-0.2, 0) is 9.53 Å². The van der Waals surface area contributed by atoms with Crippen molar-refractivity contribution in [3.63, 3.8) is 0 Å². The van der Waals surface area contributed by atoms with E-state index in [0.29, 0.717) is 0 Å². The number of aliphatic imine (C=N–C) groups is 1. The van der Waals surface area contributed by atoms with E-state index >= 15 is 0 Å². The van der Waals surface area contributed by atoms with Gasteiger partial charge in [-0.25, -0.2) is 0 Å². The Morgan fingerprint density at radius 2 is 2.06 bits per heavy atom. The molecular formula is C14H18NO2P. The number of rotatable bonds is 5. The van der Waals surface area contributed by atoms with Crippen LogP contribution < -0.4 is 0 Å². The quantitative estimate of drug-likeness (QED) is 0.465. The fraction of sp³-hybridized carbons (Fsp3) is 0.357. The molecule has 1 aromatic rings. The average molecular weight is 263 g/mol. The lowest BCUT2D eigenvalue weighted by Gasteiger charge is -2.10. The summed E-state index contributed by atoms with van der Waals surface area (Å²) in [4.78, 5) is 16.1. The molecule has 0 aliphatic heterocycles. The second-order valence-electron chi connectivity index (χ2n) is 3.86. The van der Waals surface area contributed by atoms with Crippen LogP contribution in [0.2, 0.25) is 0 Å². The maximum Gasteiger partial charge on any atom is 0.318 e. The SMILES string of the molecule is COC(=O)C(C=NC(C)C=PC)c1ccccc1. The predicted octanol–water partition coefficient (Wildman–Crippen LogP) is 2.78. The van der Waals surface area contributed by atoms with Gasteiger partial charge in [0.25, 0.3) is 0 Å². The molecule has 0 N–H and O–H groups in total. The normalized spacial score (nSPS) is 14.8. The van der Waals surface area contributed by atoms with Crippen LogP contribution in [0.25, 0.3) is 0 Å². The summed E-state index contributed by atoms with van der Waals surface area (Å²) < 4.78 is 4.82. The molecule has 3 nitrogen and oxygen atoms in total. The van der Waals surface area contributed by atoms with E-state index in [-0.39, 0.29) is 12.0 Å². The number of carbonyl (C=O) groups is 1. The van der Waals surface area contributed by atoms with Gasteiger partial charge in [-0.2, -0.15) is 0 Å². The summed E-state index contributed by atoms with van der Waals surface area (Å²) >= 11 is 0. The van der Waals surface area contributed by atoms with E-state index in [2.05, 4.69) is 10.8 Å². The highest BCUT2D eigenvalue weighted by Gasteiger charge is 2.18. The maximum atomic E-state index is 11.8. The molecule has 0 aromatic heterocycles. The second-order valence-corrected chi connectivity index (χ2v) is 4.67. The molecule has 4 heteroatoms. The van der Waals surface area contributed by atoms with Gasteiger partial charge in [0.2, 0.25) is 0 Å². The number of esters is 1. The van der Waals surface area contributed by atoms with Gasteiger partial charge in [0.05, 0.1) is 13.2 Å². The molecule has 0 saturated carbocycles. The number of benzene rings is 1. The lowest BCUT2D eigenvalue weighted by atomic mass is 10.0. The molecule has 0 radical (unpaired) electrons. The van der Waals surface area contributed by atoms with Gasteiger partial charge in [0, 0.05) is 6.21 Å². The highest BCUT2D eigenvalue weighted by molar-refractivity contribution is 7.37. The molecule has 1 rings (SSSR count). The Morgan fingerprint density at radius 1 is 1.39 bits per heavy atom. The van der Waals surface area contributed by atoms with Gasteiger partial charge in [0.1, 0.15) is 5.92 Å². The first-order valence-corrected chi connectivity index (χ1v) is 7.18. The predicted molar refractivity (Wildman–Crippen MR) is 78.1 cm³/mol. The summed E-state index contributed by atoms with van der Waals surface area (Å²) in [7, 11) is 2.58. The zero-order valence-electron chi connectivity index (χ0n) is 10.9. The van der Waals surface area contributed by atoms with Crippen molar-refractivity contribution in [2.24, 2.45) is 4.99 Å². The minimum Gasteiger partial charge on any atom is -0.468 e. The van der Waals surface area contributed by atoms with Crippen molar-refractivity contribution >= 4 is 26.2 Å². The molecule has 0 spiro atoms. The molecular weight excluding hydrogens is 245 g/mol. The smallest absolute Gasteiger partial charge is 0.318 e. The number of nitrogens with zero attached hydrogens (tertiary/aromatic N) is 1. The first-order valence-electron chi connectivity index (χ1n) is 5.77. The fourth-order valence-electron chi connectivity index (χ4n) is 1.55. The highest BCUT2D eigenvalue weighted by atomic mass is 31.1. The van der Waals surface area contributed by atoms with E-state index < -0.39 is 5.92 Å². The first-order chi connectivity index (χ1) is 8.69. The third-order valence-electron chi connectivity index (χ3n) is 2.45. The van der Waals surface area contributed by atoms with Crippen LogP contribution >= 0.6 is 8.20 Å². The topological polar surface area (TPSA) is 38.7 Å². The minimum atomic E-state index is -0.430. The number of methoxy groups -OCH3 is 1. The van der Waals surface area contributed by atoms with Crippen LogP contribution in [0.15, 0.2) is 35.3 Å². The summed E-state index contributed by atoms with van der Waals surface area (Å²) in [5.41, 5.74) is 0.898. The van der Waals surface area contributed by atoms with Gasteiger partial charge in [0.15, 0.2) is 0 Å². The van der Waals surface area contributed by atoms with Crippen molar-refractivity contribution in [2.75, 3.05) is 13.8 Å². The molecule has 0 aliphatic rings. The fourth-order valence-corrected chi connectivity index (χ4v) is 2.05. The Labute approximate surface area is 110 Å². The Kier molecular flexibility index (Phi) is 6.31. The zero-order chi connectivity index (χ0) is 13.4. The van der Waals surface area contributed by atoms with E-state index in [4.69, 9.17) is 4.74 Å². The van der Waals surface area contributed by atoms with Crippen molar-refractivity contribution < 1.29 is 9.53 Å². The van der Waals surface area contributed by atoms with E-state index in [1.54, 1.807) is 6.21 Å². The monoisotopic (exact) mass is 263 g/mol. The summed E-state index contributed by atoms with van der Waals surface area (Å²) in [6, 6.07) is 9.63. The van der Waals surface area contributed by atoms with E-state index in [9.17, 15) is 4.79 Å². The average Bonchev–Trinajstić information content (AvgIpc) is 2.40. The van der Waals surface area contributed by atoms with Gasteiger partial charge in [-0.05, 0) is 24.9 Å². The molecule has 18 heavy (non-hydrogen) atoms. The lowest BCUT2D eigenvalue weighted by molar-refractivity contribution is -0.140. The Balaban J connectivity index is 2.90. The van der Waals surface area contributed by atoms with Crippen molar-refractivity contribution in [2.45, 2.75) is 18.9 Å². The van der Waals surface area contributed by atoms with Gasteiger partial charge in [-0.15, -0.1) is 8.20 Å². The van der Waals surface area contributed by atoms with Crippen LogP contribution in [0, 0.1) is 0 Å². The van der Waals surface area contributed by atoms with Crippen molar-refractivity contribution in [1.29, 1.82) is 0 Å². The summed E-state index contributed by atoms with van der Waals surface area (Å²) in [5.74, 6) is 1.35. The maximum absolute atomic E-state index is 11.8. The van der Waals surface area contributed by atoms with Crippen LogP contribution in [0.5, 0.6) is 0 Å². The van der Waals surface area contributed by atoms with Gasteiger partial charge < -0.3 is 4.74 Å². The van der Waals surface area contributed by atoms with Crippen molar-refractivity contribution in [3.8, 4) is 0 Å². The van der Waals surface area contributed by atoms with Crippen LogP contribution in [-0.4, -0.2) is 37.8 Å². The highest BCUT2D eigenvalue weighted by Crippen LogP contribution is 2.15. The zero-order valence-corrected chi connectivity index (χ0v) is 11.8. The number of hydrogen-bond donors (Lipinski definition) is 0. The molecule has 2 atom stereocenters. The van der Waals surface area contributed by atoms with Gasteiger partial charge >= 0.3 is 5.97 Å². The third-order valence-corrected chi connectivity index (χ3v) is 3.18. The molecule has 0 saturated heterocycles. The number of hydrogen-bond acceptors (Lipinski definition) is 3. The van der Waals surface area contributed by atoms with Gasteiger partial charge in [-0.3, -0.25) is 9.79 Å². The van der Waals surface area contributed by atoms with E-state index in [0.717, 1.165) is 5.56 Å². The van der Waals surface area contributed by atoms with Crippen molar-refractivity contribution in [1.82, 2.24) is 0 Å². The first kappa shape index (κ1) is 14.6. The molecule has 96 valence electrons. The molecule has 0 fully saturated rings. The van der Waals surface area contributed by atoms with E-state index in [1.807, 2.05) is 43.9 Å². The van der Waals surface area contributed by atoms with E-state index in [1.165, 1.54) is 15.3 Å². The molecule has 0 bridgehead atoms. The summed E-state index contributed by atoms with van der Waals surface area (Å²) in [5, 5.41) is 0. The molecule has 0 amide bonds. The second kappa shape index (κ2) is 7.78. The van der Waals surface area contributed by atoms with Crippen molar-refractivity contribution in [3.05, 3.63) is 35.9 Å². The van der Waals surface area contributed by atoms with Gasteiger partial charge in [-0.1, -0.05) is 30.3 Å². The molecule has 2 unspecified atom stereocenters. The van der Waals surface area contributed by atoms with Crippen LogP contribution in [0.1, 0.15) is 18.4 Å². The number of ether oxygens (including phenoxy) is 1. The Hall–Kier alpha value is -1.47. The summed E-state index contributed by atoms with van der Waals surface area (Å²) in [6.45, 7) is 4.04. The van der Waals surface area contributed by atoms with Crippen LogP contribution in [0.4, 0.5) is 0 Å². The Morgan fingerprint density at radius 3 is 2.61 bits per heavy atom. The molecule has 1 aromatic carbocycles.